The minimum atomic E-state index is -3.99. The molecule has 0 aliphatic rings. The predicted molar refractivity (Wildman–Crippen MR) is 140 cm³/mol. The van der Waals surface area contributed by atoms with Crippen LogP contribution in [0.4, 0.5) is 5.69 Å². The lowest BCUT2D eigenvalue weighted by Crippen LogP contribution is -2.44. The van der Waals surface area contributed by atoms with E-state index in [1.54, 1.807) is 63.4 Å². The minimum Gasteiger partial charge on any atom is -0.497 e. The molecule has 37 heavy (non-hydrogen) atoms. The Morgan fingerprint density at radius 2 is 1.57 bits per heavy atom. The number of hydrogen-bond acceptors (Lipinski definition) is 7. The summed E-state index contributed by atoms with van der Waals surface area (Å²) in [5.41, 5.74) is 2.90. The fourth-order valence-electron chi connectivity index (χ4n) is 3.82. The minimum absolute atomic E-state index is 0.0204. The topological polar surface area (TPSA) is 138 Å². The largest absolute Gasteiger partial charge is 0.497 e. The van der Waals surface area contributed by atoms with Crippen LogP contribution in [0, 0.1) is 5.92 Å². The van der Waals surface area contributed by atoms with E-state index in [2.05, 4.69) is 10.0 Å². The lowest BCUT2D eigenvalue weighted by atomic mass is 10.1. The Labute approximate surface area is 214 Å². The Kier molecular flexibility index (Phi) is 7.53. The van der Waals surface area contributed by atoms with E-state index in [0.717, 1.165) is 16.5 Å². The van der Waals surface area contributed by atoms with Gasteiger partial charge in [0.1, 0.15) is 17.4 Å². The van der Waals surface area contributed by atoms with Crippen molar-refractivity contribution in [2.45, 2.75) is 31.0 Å². The Morgan fingerprint density at radius 1 is 0.946 bits per heavy atom. The highest BCUT2D eigenvalue weighted by Gasteiger charge is 2.28. The number of carboxylic acids is 1. The second-order valence-corrected chi connectivity index (χ2v) is 10.6. The van der Waals surface area contributed by atoms with Gasteiger partial charge in [-0.2, -0.15) is 4.72 Å². The van der Waals surface area contributed by atoms with Gasteiger partial charge in [0, 0.05) is 11.1 Å². The summed E-state index contributed by atoms with van der Waals surface area (Å²) in [5.74, 6) is -0.581. The molecule has 0 aliphatic heterocycles. The molecular formula is C27H28N2O7S. The van der Waals surface area contributed by atoms with Gasteiger partial charge in [0.2, 0.25) is 10.0 Å². The molecule has 4 rings (SSSR count). The number of rotatable bonds is 10. The number of aliphatic hydroxyl groups is 1. The Hall–Kier alpha value is -3.86. The third kappa shape index (κ3) is 5.93. The maximum absolute atomic E-state index is 12.6. The van der Waals surface area contributed by atoms with E-state index in [-0.39, 0.29) is 4.90 Å². The molecule has 194 valence electrons. The summed E-state index contributed by atoms with van der Waals surface area (Å²) in [6.45, 7) is 3.27. The summed E-state index contributed by atoms with van der Waals surface area (Å²) in [6, 6.07) is 19.3. The number of anilines is 1. The smallest absolute Gasteiger partial charge is 0.322 e. The Balaban J connectivity index is 1.44. The third-order valence-corrected chi connectivity index (χ3v) is 7.37. The molecule has 0 bridgehead atoms. The highest BCUT2D eigenvalue weighted by molar-refractivity contribution is 7.89. The Morgan fingerprint density at radius 3 is 2.14 bits per heavy atom. The SMILES string of the molecule is COc1ccc2oc(C(O)Nc3ccc(-c4ccc(S(=O)(=O)N[C@H](C(=O)O)C(C)C)cc4)cc3)cc2c1. The summed E-state index contributed by atoms with van der Waals surface area (Å²) in [4.78, 5) is 11.4. The summed E-state index contributed by atoms with van der Waals surface area (Å²) in [6.07, 6.45) is -1.07. The molecule has 1 unspecified atom stereocenters. The number of benzene rings is 3. The van der Waals surface area contributed by atoms with Crippen LogP contribution in [0.1, 0.15) is 25.8 Å². The second kappa shape index (κ2) is 10.6. The summed E-state index contributed by atoms with van der Waals surface area (Å²) in [7, 11) is -2.41. The molecule has 1 aromatic heterocycles. The van der Waals surface area contributed by atoms with Crippen molar-refractivity contribution < 1.29 is 32.6 Å². The van der Waals surface area contributed by atoms with Crippen LogP contribution in [0.3, 0.4) is 0 Å². The van der Waals surface area contributed by atoms with Crippen molar-refractivity contribution in [3.8, 4) is 16.9 Å². The van der Waals surface area contributed by atoms with Crippen LogP contribution in [-0.2, 0) is 14.8 Å². The number of carboxylic acid groups (broad SMARTS) is 1. The first kappa shape index (κ1) is 26.2. The van der Waals surface area contributed by atoms with Crippen molar-refractivity contribution in [2.75, 3.05) is 12.4 Å². The van der Waals surface area contributed by atoms with Gasteiger partial charge in [0.25, 0.3) is 0 Å². The maximum Gasteiger partial charge on any atom is 0.322 e. The highest BCUT2D eigenvalue weighted by atomic mass is 32.2. The zero-order valence-electron chi connectivity index (χ0n) is 20.5. The molecule has 10 heteroatoms. The lowest BCUT2D eigenvalue weighted by Gasteiger charge is -2.18. The van der Waals surface area contributed by atoms with Crippen LogP contribution in [0.15, 0.2) is 82.1 Å². The van der Waals surface area contributed by atoms with Crippen LogP contribution in [0.25, 0.3) is 22.1 Å². The van der Waals surface area contributed by atoms with E-state index in [1.807, 2.05) is 18.2 Å². The van der Waals surface area contributed by atoms with Gasteiger partial charge in [-0.05, 0) is 65.6 Å². The molecule has 0 fully saturated rings. The molecule has 0 saturated carbocycles. The number of sulfonamides is 1. The first-order valence-corrected chi connectivity index (χ1v) is 13.0. The van der Waals surface area contributed by atoms with Crippen LogP contribution in [-0.4, -0.2) is 37.8 Å². The third-order valence-electron chi connectivity index (χ3n) is 5.91. The first-order valence-electron chi connectivity index (χ1n) is 11.5. The van der Waals surface area contributed by atoms with Crippen molar-refractivity contribution in [1.29, 1.82) is 0 Å². The number of hydrogen-bond donors (Lipinski definition) is 4. The lowest BCUT2D eigenvalue weighted by molar-refractivity contribution is -0.140. The normalized spacial score (nSPS) is 13.4. The number of aliphatic carboxylic acids is 1. The van der Waals surface area contributed by atoms with Gasteiger partial charge in [0.15, 0.2) is 12.0 Å². The molecule has 1 heterocycles. The van der Waals surface area contributed by atoms with Crippen LogP contribution < -0.4 is 14.8 Å². The van der Waals surface area contributed by atoms with Crippen molar-refractivity contribution in [2.24, 2.45) is 5.92 Å². The van der Waals surface area contributed by atoms with E-state index in [1.165, 1.54) is 12.1 Å². The fourth-order valence-corrected chi connectivity index (χ4v) is 5.16. The van der Waals surface area contributed by atoms with Gasteiger partial charge in [0.05, 0.1) is 12.0 Å². The molecule has 4 aromatic rings. The van der Waals surface area contributed by atoms with Gasteiger partial charge < -0.3 is 24.7 Å². The zero-order valence-corrected chi connectivity index (χ0v) is 21.3. The van der Waals surface area contributed by atoms with Crippen molar-refractivity contribution in [3.05, 3.63) is 78.6 Å². The van der Waals surface area contributed by atoms with Gasteiger partial charge in [-0.15, -0.1) is 0 Å². The number of fused-ring (bicyclic) bond motifs is 1. The number of ether oxygens (including phenoxy) is 1. The van der Waals surface area contributed by atoms with Gasteiger partial charge in [-0.25, -0.2) is 8.42 Å². The van der Waals surface area contributed by atoms with Crippen molar-refractivity contribution >= 4 is 32.6 Å². The quantitative estimate of drug-likeness (QED) is 0.221. The molecule has 0 amide bonds. The van der Waals surface area contributed by atoms with Crippen molar-refractivity contribution in [1.82, 2.24) is 4.72 Å². The number of methoxy groups -OCH3 is 1. The molecule has 0 spiro atoms. The van der Waals surface area contributed by atoms with Gasteiger partial charge in [-0.3, -0.25) is 4.79 Å². The highest BCUT2D eigenvalue weighted by Crippen LogP contribution is 2.29. The van der Waals surface area contributed by atoms with Crippen LogP contribution >= 0.6 is 0 Å². The molecular weight excluding hydrogens is 496 g/mol. The number of nitrogens with one attached hydrogen (secondary N) is 2. The van der Waals surface area contributed by atoms with E-state index < -0.39 is 34.2 Å². The molecule has 2 atom stereocenters. The Bertz CT molecular complexity index is 1490. The van der Waals surface area contributed by atoms with Crippen molar-refractivity contribution in [3.63, 3.8) is 0 Å². The molecule has 0 radical (unpaired) electrons. The van der Waals surface area contributed by atoms with Gasteiger partial charge in [-0.1, -0.05) is 38.1 Å². The fraction of sp³-hybridized carbons (Fsp3) is 0.222. The number of aliphatic hydroxyl groups excluding tert-OH is 1. The maximum atomic E-state index is 12.6. The monoisotopic (exact) mass is 524 g/mol. The first-order chi connectivity index (χ1) is 17.6. The van der Waals surface area contributed by atoms with E-state index in [0.29, 0.717) is 22.8 Å². The van der Waals surface area contributed by atoms with Crippen LogP contribution in [0.5, 0.6) is 5.75 Å². The summed E-state index contributed by atoms with van der Waals surface area (Å²) in [5, 5.41) is 23.7. The number of furan rings is 1. The van der Waals surface area contributed by atoms with E-state index in [4.69, 9.17) is 9.15 Å². The molecule has 3 aromatic carbocycles. The predicted octanol–water partition coefficient (Wildman–Crippen LogP) is 4.60. The summed E-state index contributed by atoms with van der Waals surface area (Å²) >= 11 is 0. The average molecular weight is 525 g/mol. The average Bonchev–Trinajstić information content (AvgIpc) is 3.31. The second-order valence-electron chi connectivity index (χ2n) is 8.88. The van der Waals surface area contributed by atoms with E-state index >= 15 is 0 Å². The molecule has 0 aliphatic carbocycles. The standard InChI is InChI=1S/C27H28N2O7S/c1-16(2)25(27(31)32)29-37(33,34)22-11-6-18(7-12-22)17-4-8-20(9-5-17)28-26(30)24-15-19-14-21(35-3)10-13-23(19)36-24/h4-16,25-26,28-30H,1-3H3,(H,31,32)/t25-,26?/m0/s1. The van der Waals surface area contributed by atoms with E-state index in [9.17, 15) is 23.4 Å². The number of carbonyl (C=O) groups is 1. The zero-order chi connectivity index (χ0) is 26.7. The van der Waals surface area contributed by atoms with Crippen LogP contribution in [0.2, 0.25) is 0 Å². The molecule has 4 N–H and O–H groups in total. The molecule has 0 saturated heterocycles. The summed E-state index contributed by atoms with van der Waals surface area (Å²) < 4.78 is 38.5. The van der Waals surface area contributed by atoms with Gasteiger partial charge >= 0.3 is 5.97 Å². The molecule has 9 nitrogen and oxygen atoms in total.